The number of nitrogens with zero attached hydrogens (tertiary/aromatic N) is 1. The molecule has 1 atom stereocenters. The Hall–Kier alpha value is -1.71. The summed E-state index contributed by atoms with van der Waals surface area (Å²) in [7, 11) is 2.13. The van der Waals surface area contributed by atoms with Gasteiger partial charge in [-0.2, -0.15) is 0 Å². The van der Waals surface area contributed by atoms with Crippen molar-refractivity contribution in [2.75, 3.05) is 13.6 Å². The van der Waals surface area contributed by atoms with Crippen molar-refractivity contribution in [1.82, 2.24) is 4.90 Å². The van der Waals surface area contributed by atoms with Crippen LogP contribution in [0.1, 0.15) is 33.7 Å². The minimum absolute atomic E-state index is 0.213. The Balaban J connectivity index is 2.07. The van der Waals surface area contributed by atoms with Crippen LogP contribution in [0.2, 0.25) is 0 Å². The van der Waals surface area contributed by atoms with Crippen LogP contribution in [-0.4, -0.2) is 18.5 Å². The van der Waals surface area contributed by atoms with Crippen LogP contribution in [0.5, 0.6) is 0 Å². The van der Waals surface area contributed by atoms with Crippen molar-refractivity contribution in [3.63, 3.8) is 0 Å². The molecule has 3 heteroatoms. The van der Waals surface area contributed by atoms with Crippen molar-refractivity contribution < 1.29 is 4.39 Å². The van der Waals surface area contributed by atoms with Crippen molar-refractivity contribution >= 4 is 0 Å². The quantitative estimate of drug-likeness (QED) is 0.918. The topological polar surface area (TPSA) is 29.3 Å². The smallest absolute Gasteiger partial charge is 0.127 e. The number of nitrogens with two attached hydrogens (primary N) is 1. The first-order valence-corrected chi connectivity index (χ1v) is 7.35. The Morgan fingerprint density at radius 1 is 1.24 bits per heavy atom. The third-order valence-corrected chi connectivity index (χ3v) is 4.30. The van der Waals surface area contributed by atoms with E-state index in [9.17, 15) is 4.39 Å². The molecule has 0 fully saturated rings. The number of hydrogen-bond acceptors (Lipinski definition) is 2. The molecule has 2 nitrogen and oxygen atoms in total. The molecular formula is C18H21FN2. The summed E-state index contributed by atoms with van der Waals surface area (Å²) < 4.78 is 13.7. The van der Waals surface area contributed by atoms with Gasteiger partial charge in [-0.25, -0.2) is 4.39 Å². The van der Waals surface area contributed by atoms with Crippen molar-refractivity contribution in [3.05, 3.63) is 70.0 Å². The van der Waals surface area contributed by atoms with Gasteiger partial charge in [-0.1, -0.05) is 35.9 Å². The molecule has 0 amide bonds. The fourth-order valence-corrected chi connectivity index (χ4v) is 3.23. The summed E-state index contributed by atoms with van der Waals surface area (Å²) in [6, 6.07) is 12.0. The second kappa shape index (κ2) is 5.58. The van der Waals surface area contributed by atoms with E-state index in [4.69, 9.17) is 5.73 Å². The van der Waals surface area contributed by atoms with E-state index in [0.717, 1.165) is 18.7 Å². The molecule has 0 saturated carbocycles. The Morgan fingerprint density at radius 2 is 2.05 bits per heavy atom. The molecule has 0 aromatic heterocycles. The molecule has 0 aliphatic carbocycles. The third-order valence-electron chi connectivity index (χ3n) is 4.30. The van der Waals surface area contributed by atoms with E-state index < -0.39 is 0 Å². The van der Waals surface area contributed by atoms with Crippen LogP contribution in [-0.2, 0) is 13.1 Å². The second-order valence-corrected chi connectivity index (χ2v) is 6.01. The zero-order valence-corrected chi connectivity index (χ0v) is 12.6. The minimum atomic E-state index is -0.213. The van der Waals surface area contributed by atoms with Gasteiger partial charge < -0.3 is 10.6 Å². The number of benzene rings is 2. The van der Waals surface area contributed by atoms with Gasteiger partial charge in [0.25, 0.3) is 0 Å². The summed E-state index contributed by atoms with van der Waals surface area (Å²) in [4.78, 5) is 2.32. The highest BCUT2D eigenvalue weighted by molar-refractivity contribution is 5.43. The molecule has 3 rings (SSSR count). The van der Waals surface area contributed by atoms with E-state index in [-0.39, 0.29) is 18.3 Å². The molecule has 110 valence electrons. The lowest BCUT2D eigenvalue weighted by molar-refractivity contribution is 0.295. The van der Waals surface area contributed by atoms with Crippen LogP contribution >= 0.6 is 0 Å². The summed E-state index contributed by atoms with van der Waals surface area (Å²) in [6.07, 6.45) is 0. The molecular weight excluding hydrogens is 263 g/mol. The molecule has 0 bridgehead atoms. The molecule has 0 radical (unpaired) electrons. The highest BCUT2D eigenvalue weighted by Crippen LogP contribution is 2.34. The number of aryl methyl sites for hydroxylation is 1. The van der Waals surface area contributed by atoms with E-state index in [1.165, 1.54) is 16.7 Å². The maximum absolute atomic E-state index is 13.7. The Bertz CT molecular complexity index is 666. The largest absolute Gasteiger partial charge is 0.326 e. The lowest BCUT2D eigenvalue weighted by Gasteiger charge is -2.33. The third kappa shape index (κ3) is 2.71. The fraction of sp³-hybridized carbons (Fsp3) is 0.333. The van der Waals surface area contributed by atoms with E-state index in [0.29, 0.717) is 5.56 Å². The molecule has 1 aliphatic heterocycles. The Kier molecular flexibility index (Phi) is 3.79. The van der Waals surface area contributed by atoms with Gasteiger partial charge in [0.2, 0.25) is 0 Å². The summed E-state index contributed by atoms with van der Waals surface area (Å²) >= 11 is 0. The average molecular weight is 284 g/mol. The molecule has 0 spiro atoms. The molecule has 2 aromatic rings. The SMILES string of the molecule is Cc1ccc2c(c1)CN(C)CC2c1ccc(F)c(CN)c1. The first kappa shape index (κ1) is 14.2. The molecule has 0 saturated heterocycles. The van der Waals surface area contributed by atoms with Gasteiger partial charge in [0.15, 0.2) is 0 Å². The number of halogens is 1. The summed E-state index contributed by atoms with van der Waals surface area (Å²) in [5, 5.41) is 0. The highest BCUT2D eigenvalue weighted by Gasteiger charge is 2.25. The van der Waals surface area contributed by atoms with Crippen LogP contribution in [0.15, 0.2) is 36.4 Å². The maximum atomic E-state index is 13.7. The lowest BCUT2D eigenvalue weighted by Crippen LogP contribution is -2.31. The van der Waals surface area contributed by atoms with Gasteiger partial charge in [0.05, 0.1) is 0 Å². The minimum Gasteiger partial charge on any atom is -0.326 e. The zero-order chi connectivity index (χ0) is 15.0. The van der Waals surface area contributed by atoms with E-state index in [2.05, 4.69) is 37.1 Å². The lowest BCUT2D eigenvalue weighted by atomic mass is 9.83. The Labute approximate surface area is 125 Å². The highest BCUT2D eigenvalue weighted by atomic mass is 19.1. The number of hydrogen-bond donors (Lipinski definition) is 1. The van der Waals surface area contributed by atoms with Gasteiger partial charge in [-0.3, -0.25) is 0 Å². The van der Waals surface area contributed by atoms with Crippen molar-refractivity contribution in [2.24, 2.45) is 5.73 Å². The predicted molar refractivity (Wildman–Crippen MR) is 83.6 cm³/mol. The molecule has 1 aliphatic rings. The molecule has 21 heavy (non-hydrogen) atoms. The van der Waals surface area contributed by atoms with Crippen LogP contribution < -0.4 is 5.73 Å². The van der Waals surface area contributed by atoms with Gasteiger partial charge >= 0.3 is 0 Å². The predicted octanol–water partition coefficient (Wildman–Crippen LogP) is 3.17. The van der Waals surface area contributed by atoms with Gasteiger partial charge in [-0.05, 0) is 36.7 Å². The molecule has 2 N–H and O–H groups in total. The van der Waals surface area contributed by atoms with Crippen LogP contribution in [0.3, 0.4) is 0 Å². The van der Waals surface area contributed by atoms with E-state index in [1.807, 2.05) is 12.1 Å². The number of fused-ring (bicyclic) bond motifs is 1. The standard InChI is InChI=1S/C18H21FN2/c1-12-3-5-16-15(7-12)10-21(2)11-17(16)13-4-6-18(19)14(8-13)9-20/h3-8,17H,9-11,20H2,1-2H3. The summed E-state index contributed by atoms with van der Waals surface area (Å²) in [5.41, 5.74) is 11.4. The Morgan fingerprint density at radius 3 is 2.81 bits per heavy atom. The molecule has 2 aromatic carbocycles. The van der Waals surface area contributed by atoms with Crippen molar-refractivity contribution in [3.8, 4) is 0 Å². The fourth-order valence-electron chi connectivity index (χ4n) is 3.23. The maximum Gasteiger partial charge on any atom is 0.127 e. The molecule has 1 unspecified atom stereocenters. The van der Waals surface area contributed by atoms with Gasteiger partial charge in [0, 0.05) is 31.1 Å². The van der Waals surface area contributed by atoms with Crippen molar-refractivity contribution in [2.45, 2.75) is 25.9 Å². The average Bonchev–Trinajstić information content (AvgIpc) is 2.46. The van der Waals surface area contributed by atoms with Gasteiger partial charge in [0.1, 0.15) is 5.82 Å². The van der Waals surface area contributed by atoms with Crippen LogP contribution in [0.25, 0.3) is 0 Å². The van der Waals surface area contributed by atoms with Crippen LogP contribution in [0, 0.1) is 12.7 Å². The summed E-state index contributed by atoms with van der Waals surface area (Å²) in [6.45, 7) is 4.28. The second-order valence-electron chi connectivity index (χ2n) is 6.01. The summed E-state index contributed by atoms with van der Waals surface area (Å²) in [5.74, 6) is 0.0693. The number of rotatable bonds is 2. The first-order chi connectivity index (χ1) is 10.1. The van der Waals surface area contributed by atoms with Crippen molar-refractivity contribution in [1.29, 1.82) is 0 Å². The first-order valence-electron chi connectivity index (χ1n) is 7.35. The van der Waals surface area contributed by atoms with Crippen LogP contribution in [0.4, 0.5) is 4.39 Å². The monoisotopic (exact) mass is 284 g/mol. The van der Waals surface area contributed by atoms with E-state index in [1.54, 1.807) is 6.07 Å². The zero-order valence-electron chi connectivity index (χ0n) is 12.6. The molecule has 1 heterocycles. The van der Waals surface area contributed by atoms with Gasteiger partial charge in [-0.15, -0.1) is 0 Å². The normalized spacial score (nSPS) is 18.6. The number of likely N-dealkylation sites (N-methyl/N-ethyl adjacent to an activating group) is 1. The van der Waals surface area contributed by atoms with E-state index >= 15 is 0 Å².